The molecule has 0 amide bonds. The molecule has 0 spiro atoms. The first-order chi connectivity index (χ1) is 7.60. The van der Waals surface area contributed by atoms with Gasteiger partial charge in [-0.2, -0.15) is 0 Å². The third kappa shape index (κ3) is 8.49. The zero-order valence-corrected chi connectivity index (χ0v) is 10.3. The average molecular weight is 228 g/mol. The monoisotopic (exact) mass is 228 g/mol. The molecular weight excluding hydrogens is 207 g/mol. The van der Waals surface area contributed by atoms with Crippen LogP contribution in [0.2, 0.25) is 0 Å². The van der Waals surface area contributed by atoms with E-state index in [1.807, 2.05) is 14.1 Å². The van der Waals surface area contributed by atoms with E-state index in [1.54, 1.807) is 5.01 Å². The molecule has 1 rings (SSSR count). The fraction of sp³-hybridized carbons (Fsp3) is 1.00. The van der Waals surface area contributed by atoms with Crippen LogP contribution in [0.15, 0.2) is 10.5 Å². The van der Waals surface area contributed by atoms with Gasteiger partial charge in [-0.05, 0) is 24.0 Å². The van der Waals surface area contributed by atoms with Crippen LogP contribution in [-0.2, 0) is 4.99 Å². The lowest BCUT2D eigenvalue weighted by molar-refractivity contribution is -0.845. The molecular formula is C9H21BN4O2. The average Bonchev–Trinajstić information content (AvgIpc) is 2.29. The third-order valence-corrected chi connectivity index (χ3v) is 2.36. The van der Waals surface area contributed by atoms with Crippen molar-refractivity contribution in [3.8, 4) is 0 Å². The van der Waals surface area contributed by atoms with Gasteiger partial charge in [0.15, 0.2) is 0 Å². The van der Waals surface area contributed by atoms with Crippen LogP contribution in [0.5, 0.6) is 0 Å². The van der Waals surface area contributed by atoms with Gasteiger partial charge in [-0.15, -0.1) is 0 Å². The van der Waals surface area contributed by atoms with E-state index in [2.05, 4.69) is 22.4 Å². The maximum absolute atomic E-state index is 9.45. The molecule has 1 heterocycles. The van der Waals surface area contributed by atoms with E-state index in [-0.39, 0.29) is 0 Å². The van der Waals surface area contributed by atoms with Crippen LogP contribution < -0.4 is 10.2 Å². The van der Waals surface area contributed by atoms with Gasteiger partial charge >= 0.3 is 0 Å². The molecule has 0 saturated carbocycles. The Balaban J connectivity index is 0.000000385. The summed E-state index contributed by atoms with van der Waals surface area (Å²) in [6.07, 6.45) is 2.94. The Morgan fingerprint density at radius 2 is 1.94 bits per heavy atom. The summed E-state index contributed by atoms with van der Waals surface area (Å²) in [5, 5.41) is 17.7. The molecule has 1 aliphatic rings. The lowest BCUT2D eigenvalue weighted by Gasteiger charge is -2.26. The number of rotatable bonds is 3. The molecule has 7 heteroatoms. The Labute approximate surface area is 98.5 Å². The third-order valence-electron chi connectivity index (χ3n) is 2.36. The quantitative estimate of drug-likeness (QED) is 0.278. The van der Waals surface area contributed by atoms with Crippen LogP contribution in [0.1, 0.15) is 19.8 Å². The van der Waals surface area contributed by atoms with E-state index >= 15 is 0 Å². The summed E-state index contributed by atoms with van der Waals surface area (Å²) in [6, 6.07) is 0. The first-order valence-corrected chi connectivity index (χ1v) is 5.54. The van der Waals surface area contributed by atoms with Gasteiger partial charge in [0.2, 0.25) is 0 Å². The normalized spacial score (nSPS) is 17.4. The van der Waals surface area contributed by atoms with Crippen LogP contribution in [0, 0.1) is 5.92 Å². The molecule has 0 bridgehead atoms. The topological polar surface area (TPSA) is 64.7 Å². The SMILES string of the molecule is CC1CCN(/N=N/O[O-])CC1.[B]C[NH+](C)C. The van der Waals surface area contributed by atoms with Crippen molar-refractivity contribution in [2.75, 3.05) is 33.6 Å². The summed E-state index contributed by atoms with van der Waals surface area (Å²) in [7, 11) is 9.16. The molecule has 92 valence electrons. The van der Waals surface area contributed by atoms with Crippen molar-refractivity contribution in [1.29, 1.82) is 0 Å². The van der Waals surface area contributed by atoms with Gasteiger partial charge in [0.05, 0.1) is 14.1 Å². The van der Waals surface area contributed by atoms with Crippen LogP contribution >= 0.6 is 0 Å². The highest BCUT2D eigenvalue weighted by molar-refractivity contribution is 6.07. The molecule has 0 unspecified atom stereocenters. The molecule has 2 radical (unpaired) electrons. The highest BCUT2D eigenvalue weighted by atomic mass is 17.2. The largest absolute Gasteiger partial charge is 0.636 e. The van der Waals surface area contributed by atoms with Crippen LogP contribution in [0.3, 0.4) is 0 Å². The predicted octanol–water partition coefficient (Wildman–Crippen LogP) is -1.45. The Bertz CT molecular complexity index is 184. The van der Waals surface area contributed by atoms with Crippen molar-refractivity contribution < 1.29 is 15.1 Å². The Kier molecular flexibility index (Phi) is 8.93. The maximum Gasteiger partial charge on any atom is 0.149 e. The van der Waals surface area contributed by atoms with E-state index in [0.29, 0.717) is 0 Å². The number of quaternary nitrogens is 1. The minimum absolute atomic E-state index is 0.722. The smallest absolute Gasteiger partial charge is 0.149 e. The highest BCUT2D eigenvalue weighted by Crippen LogP contribution is 2.15. The Hall–Kier alpha value is -0.815. The summed E-state index contributed by atoms with van der Waals surface area (Å²) in [6.45, 7) is 3.95. The van der Waals surface area contributed by atoms with E-state index in [0.717, 1.165) is 38.3 Å². The van der Waals surface area contributed by atoms with E-state index < -0.39 is 0 Å². The van der Waals surface area contributed by atoms with Crippen molar-refractivity contribution in [2.24, 2.45) is 16.4 Å². The summed E-state index contributed by atoms with van der Waals surface area (Å²) >= 11 is 0. The Morgan fingerprint density at radius 1 is 1.44 bits per heavy atom. The van der Waals surface area contributed by atoms with Gasteiger partial charge < -0.3 is 15.1 Å². The molecule has 0 aliphatic carbocycles. The van der Waals surface area contributed by atoms with E-state index in [4.69, 9.17) is 7.85 Å². The minimum atomic E-state index is 0.722. The van der Waals surface area contributed by atoms with Crippen molar-refractivity contribution in [1.82, 2.24) is 5.01 Å². The summed E-state index contributed by atoms with van der Waals surface area (Å²) in [4.78, 5) is 4.52. The summed E-state index contributed by atoms with van der Waals surface area (Å²) in [5.74, 6) is 0.759. The minimum Gasteiger partial charge on any atom is -0.636 e. The van der Waals surface area contributed by atoms with Crippen molar-refractivity contribution >= 4 is 7.85 Å². The molecule has 1 aliphatic heterocycles. The van der Waals surface area contributed by atoms with Gasteiger partial charge in [0.25, 0.3) is 0 Å². The van der Waals surface area contributed by atoms with Crippen LogP contribution in [-0.4, -0.2) is 46.5 Å². The predicted molar refractivity (Wildman–Crippen MR) is 59.3 cm³/mol. The molecule has 1 fully saturated rings. The van der Waals surface area contributed by atoms with Gasteiger partial charge in [-0.3, -0.25) is 5.01 Å². The molecule has 0 aromatic heterocycles. The number of hydrogen-bond donors (Lipinski definition) is 1. The molecule has 1 saturated heterocycles. The molecule has 16 heavy (non-hydrogen) atoms. The molecule has 0 aromatic carbocycles. The fourth-order valence-electron chi connectivity index (χ4n) is 1.15. The lowest BCUT2D eigenvalue weighted by atomic mass is 10.0. The zero-order valence-electron chi connectivity index (χ0n) is 10.3. The summed E-state index contributed by atoms with van der Waals surface area (Å²) in [5.41, 5.74) is 0. The molecule has 1 N–H and O–H groups in total. The second-order valence-corrected chi connectivity index (χ2v) is 4.29. The zero-order chi connectivity index (χ0) is 12.4. The maximum atomic E-state index is 9.45. The Morgan fingerprint density at radius 3 is 2.31 bits per heavy atom. The standard InChI is InChI=1S/C6H13N3O2.C3H8BN/c1-6-2-4-9(5-3-6)7-8-11-10;1-5(2)3-4/h6,10H,2-5H2,1H3;3H2,1-2H3/b8-7+;. The number of hydrogen-bond acceptors (Lipinski definition) is 4. The number of piperidine rings is 1. The van der Waals surface area contributed by atoms with Gasteiger partial charge in [-0.25, -0.2) is 0 Å². The van der Waals surface area contributed by atoms with Gasteiger partial charge in [0, 0.05) is 24.8 Å². The summed E-state index contributed by atoms with van der Waals surface area (Å²) < 4.78 is 0. The van der Waals surface area contributed by atoms with Crippen molar-refractivity contribution in [2.45, 2.75) is 19.8 Å². The first-order valence-electron chi connectivity index (χ1n) is 5.54. The number of nitrogens with zero attached hydrogens (tertiary/aromatic N) is 3. The van der Waals surface area contributed by atoms with E-state index in [9.17, 15) is 5.26 Å². The van der Waals surface area contributed by atoms with Crippen LogP contribution in [0.25, 0.3) is 0 Å². The molecule has 0 atom stereocenters. The second-order valence-electron chi connectivity index (χ2n) is 4.29. The first kappa shape index (κ1) is 15.2. The van der Waals surface area contributed by atoms with Gasteiger partial charge in [0.1, 0.15) is 7.85 Å². The lowest BCUT2D eigenvalue weighted by Crippen LogP contribution is -3.05. The second kappa shape index (κ2) is 9.41. The van der Waals surface area contributed by atoms with Crippen molar-refractivity contribution in [3.63, 3.8) is 0 Å². The molecule has 6 nitrogen and oxygen atoms in total. The van der Waals surface area contributed by atoms with E-state index in [1.165, 1.54) is 4.90 Å². The highest BCUT2D eigenvalue weighted by Gasteiger charge is 2.13. The fourth-order valence-corrected chi connectivity index (χ4v) is 1.15. The van der Waals surface area contributed by atoms with Gasteiger partial charge in [-0.1, -0.05) is 6.92 Å². The number of nitrogens with one attached hydrogen (secondary N) is 1. The van der Waals surface area contributed by atoms with Crippen LogP contribution in [0.4, 0.5) is 0 Å². The van der Waals surface area contributed by atoms with Crippen molar-refractivity contribution in [3.05, 3.63) is 0 Å². The molecule has 0 aromatic rings.